The summed E-state index contributed by atoms with van der Waals surface area (Å²) in [4.78, 5) is 70.7. The number of nitrogens with zero attached hydrogens (tertiary/aromatic N) is 4. The molecule has 2 saturated heterocycles. The topological polar surface area (TPSA) is 175 Å². The van der Waals surface area contributed by atoms with Crippen molar-refractivity contribution in [3.05, 3.63) is 71.4 Å². The van der Waals surface area contributed by atoms with E-state index in [4.69, 9.17) is 14.5 Å². The molecule has 4 aromatic rings. The van der Waals surface area contributed by atoms with Crippen LogP contribution < -0.4 is 10.6 Å². The van der Waals surface area contributed by atoms with Crippen LogP contribution in [-0.4, -0.2) is 98.2 Å². The molecule has 0 spiro atoms. The fraction of sp³-hybridized carbons (Fsp3) is 0.436. The van der Waals surface area contributed by atoms with Crippen molar-refractivity contribution in [2.24, 2.45) is 11.8 Å². The summed E-state index contributed by atoms with van der Waals surface area (Å²) in [5, 5.41) is 5.36. The van der Waals surface area contributed by atoms with E-state index in [9.17, 15) is 19.2 Å². The Morgan fingerprint density at radius 3 is 2.11 bits per heavy atom. The molecule has 0 unspecified atom stereocenters. The maximum absolute atomic E-state index is 13.5. The van der Waals surface area contributed by atoms with Crippen LogP contribution in [0.3, 0.4) is 0 Å². The summed E-state index contributed by atoms with van der Waals surface area (Å²) in [6.45, 7) is 8.14. The van der Waals surface area contributed by atoms with Crippen molar-refractivity contribution in [2.45, 2.75) is 64.7 Å². The molecule has 0 radical (unpaired) electrons. The molecule has 4 heterocycles. The summed E-state index contributed by atoms with van der Waals surface area (Å²) < 4.78 is 9.49. The fourth-order valence-electron chi connectivity index (χ4n) is 6.75. The number of imidazole rings is 2. The van der Waals surface area contributed by atoms with Gasteiger partial charge in [-0.15, -0.1) is 11.8 Å². The average Bonchev–Trinajstić information content (AvgIpc) is 4.00. The molecule has 6 rings (SSSR count). The predicted octanol–water partition coefficient (Wildman–Crippen LogP) is 5.35. The Kier molecular flexibility index (Phi) is 11.8. The SMILES string of the molecule is COC(=O)N[C@H](C(=O)N1CSC[C@H]1c1ncc(-c2ccc(C#Cc3ccc4nc([C@@H]5CCCN5C(=O)[C@@H](NC(=O)OC)C(C)C)[nH]c4c3)cc2)[nH]1)C(C)C. The number of H-pyrrole nitrogens is 2. The van der Waals surface area contributed by atoms with Gasteiger partial charge < -0.3 is 39.9 Å². The van der Waals surface area contributed by atoms with Crippen LogP contribution in [0.1, 0.15) is 75.4 Å². The van der Waals surface area contributed by atoms with E-state index in [1.165, 1.54) is 14.2 Å². The molecule has 0 aliphatic carbocycles. The van der Waals surface area contributed by atoms with E-state index in [0.29, 0.717) is 29.8 Å². The minimum atomic E-state index is -0.706. The zero-order chi connectivity index (χ0) is 38.5. The largest absolute Gasteiger partial charge is 0.453 e. The van der Waals surface area contributed by atoms with Crippen molar-refractivity contribution in [1.82, 2.24) is 40.4 Å². The standard InChI is InChI=1S/C39H46N8O6S/c1-22(2)32(44-38(50)52-5)36(48)46-17-7-8-30(46)35-41-27-16-13-25(18-28(27)42-35)10-9-24-11-14-26(15-12-24)29-19-40-34(43-29)31-20-54-21-47(31)37(49)33(23(3)4)45-39(51)53-6/h11-16,18-19,22-23,30-33H,7-8,17,20-21H2,1-6H3,(H,40,43)(H,41,42)(H,44,50)(H,45,51)/t30-,31-,32-,33-/m0/s1. The van der Waals surface area contributed by atoms with E-state index in [1.807, 2.05) is 70.2 Å². The van der Waals surface area contributed by atoms with E-state index in [-0.39, 0.29) is 35.7 Å². The zero-order valence-corrected chi connectivity index (χ0v) is 32.1. The molecule has 4 atom stereocenters. The third-order valence-corrected chi connectivity index (χ3v) is 10.8. The summed E-state index contributed by atoms with van der Waals surface area (Å²) in [6.07, 6.45) is 2.10. The van der Waals surface area contributed by atoms with Crippen LogP contribution in [0.4, 0.5) is 9.59 Å². The van der Waals surface area contributed by atoms with Gasteiger partial charge in [0.15, 0.2) is 0 Å². The van der Waals surface area contributed by atoms with Gasteiger partial charge >= 0.3 is 12.2 Å². The second kappa shape index (κ2) is 16.7. The number of carbonyl (C=O) groups excluding carboxylic acids is 4. The number of rotatable bonds is 9. The van der Waals surface area contributed by atoms with Crippen molar-refractivity contribution in [2.75, 3.05) is 32.4 Å². The fourth-order valence-corrected chi connectivity index (χ4v) is 7.92. The first kappa shape index (κ1) is 38.2. The van der Waals surface area contributed by atoms with E-state index < -0.39 is 24.3 Å². The zero-order valence-electron chi connectivity index (χ0n) is 31.3. The highest BCUT2D eigenvalue weighted by Crippen LogP contribution is 2.35. The van der Waals surface area contributed by atoms with Gasteiger partial charge in [-0.25, -0.2) is 19.6 Å². The van der Waals surface area contributed by atoms with E-state index in [1.54, 1.807) is 27.8 Å². The lowest BCUT2D eigenvalue weighted by Gasteiger charge is -2.29. The van der Waals surface area contributed by atoms with Crippen molar-refractivity contribution in [1.29, 1.82) is 0 Å². The maximum Gasteiger partial charge on any atom is 0.407 e. The van der Waals surface area contributed by atoms with Crippen molar-refractivity contribution in [3.8, 4) is 23.1 Å². The summed E-state index contributed by atoms with van der Waals surface area (Å²) in [5.74, 6) is 8.53. The molecule has 2 aromatic heterocycles. The van der Waals surface area contributed by atoms with Crippen LogP contribution in [0.25, 0.3) is 22.3 Å². The number of benzene rings is 2. The van der Waals surface area contributed by atoms with Crippen molar-refractivity contribution in [3.63, 3.8) is 0 Å². The quantitative estimate of drug-likeness (QED) is 0.164. The normalized spacial score (nSPS) is 18.0. The van der Waals surface area contributed by atoms with E-state index >= 15 is 0 Å². The Bertz CT molecular complexity index is 2070. The molecule has 2 fully saturated rings. The highest BCUT2D eigenvalue weighted by Gasteiger charge is 2.39. The lowest BCUT2D eigenvalue weighted by Crippen LogP contribution is -2.51. The number of fused-ring (bicyclic) bond motifs is 1. The van der Waals surface area contributed by atoms with Gasteiger partial charge in [0.1, 0.15) is 23.7 Å². The number of alkyl carbamates (subject to hydrolysis) is 2. The number of aromatic nitrogens is 4. The second-order valence-electron chi connectivity index (χ2n) is 14.1. The van der Waals surface area contributed by atoms with Gasteiger partial charge in [0.05, 0.1) is 55.1 Å². The minimum Gasteiger partial charge on any atom is -0.453 e. The molecule has 2 aliphatic heterocycles. The number of methoxy groups -OCH3 is 2. The monoisotopic (exact) mass is 754 g/mol. The van der Waals surface area contributed by atoms with Gasteiger partial charge in [0.2, 0.25) is 11.8 Å². The Balaban J connectivity index is 1.12. The van der Waals surface area contributed by atoms with Gasteiger partial charge in [-0.05, 0) is 60.6 Å². The lowest BCUT2D eigenvalue weighted by atomic mass is 10.0. The van der Waals surface area contributed by atoms with Gasteiger partial charge in [-0.1, -0.05) is 51.7 Å². The number of hydrogen-bond acceptors (Lipinski definition) is 9. The molecule has 54 heavy (non-hydrogen) atoms. The van der Waals surface area contributed by atoms with Crippen LogP contribution in [0.5, 0.6) is 0 Å². The third-order valence-electron chi connectivity index (χ3n) is 9.76. The molecule has 2 aromatic carbocycles. The number of nitrogens with one attached hydrogen (secondary N) is 4. The van der Waals surface area contributed by atoms with E-state index in [0.717, 1.165) is 46.3 Å². The van der Waals surface area contributed by atoms with Crippen LogP contribution in [0.2, 0.25) is 0 Å². The molecule has 15 heteroatoms. The average molecular weight is 755 g/mol. The first-order valence-corrected chi connectivity index (χ1v) is 19.2. The molecule has 4 N–H and O–H groups in total. The van der Waals surface area contributed by atoms with Gasteiger partial charge in [0.25, 0.3) is 0 Å². The number of hydrogen-bond donors (Lipinski definition) is 4. The molecule has 14 nitrogen and oxygen atoms in total. The van der Waals surface area contributed by atoms with Crippen LogP contribution in [0, 0.1) is 23.7 Å². The Labute approximate surface area is 318 Å². The number of amides is 4. The highest BCUT2D eigenvalue weighted by atomic mass is 32.2. The molecule has 0 saturated carbocycles. The molecule has 284 valence electrons. The lowest BCUT2D eigenvalue weighted by molar-refractivity contribution is -0.136. The predicted molar refractivity (Wildman–Crippen MR) is 205 cm³/mol. The molecule has 0 bridgehead atoms. The van der Waals surface area contributed by atoms with E-state index in [2.05, 4.69) is 37.4 Å². The van der Waals surface area contributed by atoms with Gasteiger partial charge in [-0.3, -0.25) is 9.59 Å². The summed E-state index contributed by atoms with van der Waals surface area (Å²) in [7, 11) is 2.56. The number of thioether (sulfide) groups is 1. The number of ether oxygens (including phenoxy) is 2. The molecule has 4 amide bonds. The summed E-state index contributed by atoms with van der Waals surface area (Å²) >= 11 is 1.64. The number of likely N-dealkylation sites (tertiary alicyclic amines) is 1. The smallest absolute Gasteiger partial charge is 0.407 e. The maximum atomic E-state index is 13.5. The van der Waals surface area contributed by atoms with Crippen molar-refractivity contribution >= 4 is 46.8 Å². The molecular weight excluding hydrogens is 709 g/mol. The Morgan fingerprint density at radius 2 is 1.46 bits per heavy atom. The first-order chi connectivity index (χ1) is 26.0. The molecule has 2 aliphatic rings. The third kappa shape index (κ3) is 8.33. The number of carbonyl (C=O) groups is 4. The number of aromatic amines is 2. The van der Waals surface area contributed by atoms with Gasteiger partial charge in [0, 0.05) is 23.4 Å². The van der Waals surface area contributed by atoms with Gasteiger partial charge in [-0.2, -0.15) is 0 Å². The van der Waals surface area contributed by atoms with Crippen LogP contribution >= 0.6 is 11.8 Å². The Morgan fingerprint density at radius 1 is 0.833 bits per heavy atom. The van der Waals surface area contributed by atoms with Crippen molar-refractivity contribution < 1.29 is 28.7 Å². The van der Waals surface area contributed by atoms with Crippen LogP contribution in [0.15, 0.2) is 48.7 Å². The minimum absolute atomic E-state index is 0.113. The van der Waals surface area contributed by atoms with Crippen LogP contribution in [-0.2, 0) is 19.1 Å². The molecular formula is C39H46N8O6S. The first-order valence-electron chi connectivity index (χ1n) is 18.0. The highest BCUT2D eigenvalue weighted by molar-refractivity contribution is 7.99. The second-order valence-corrected chi connectivity index (χ2v) is 15.1. The summed E-state index contributed by atoms with van der Waals surface area (Å²) in [5.41, 5.74) is 5.02. The Hall–Kier alpha value is -5.49. The summed E-state index contributed by atoms with van der Waals surface area (Å²) in [6, 6.07) is 11.8.